The van der Waals surface area contributed by atoms with Crippen LogP contribution in [0.4, 0.5) is 11.4 Å². The first-order valence-electron chi connectivity index (χ1n) is 10.9. The molecule has 0 aliphatic heterocycles. The third kappa shape index (κ3) is 18.5. The zero-order chi connectivity index (χ0) is 28.3. The fourth-order valence-corrected chi connectivity index (χ4v) is 2.98. The van der Waals surface area contributed by atoms with Crippen LogP contribution in [0.1, 0.15) is 48.5 Å². The Balaban J connectivity index is 0. The minimum absolute atomic E-state index is 0.0301. The molecule has 0 radical (unpaired) electrons. The minimum Gasteiger partial charge on any atom is -0.465 e. The first kappa shape index (κ1) is 35.4. The SMILES string of the molecule is CC(C)NP(NC(C)C=O)OCOc1ccc([N+](=O)[O-])cc1[N+](=O)[O-].CC(C)OC=O.COC(C)C. The number of benzene rings is 1. The topological polar surface area (TPSA) is 181 Å². The van der Waals surface area contributed by atoms with Crippen LogP contribution >= 0.6 is 8.45 Å². The summed E-state index contributed by atoms with van der Waals surface area (Å²) in [6, 6.07) is 2.66. The van der Waals surface area contributed by atoms with Crippen LogP contribution in [0.15, 0.2) is 18.2 Å². The highest BCUT2D eigenvalue weighted by Crippen LogP contribution is 2.33. The summed E-state index contributed by atoms with van der Waals surface area (Å²) in [6.07, 6.45) is 1.13. The van der Waals surface area contributed by atoms with Crippen LogP contribution in [0, 0.1) is 20.2 Å². The Kier molecular flexibility index (Phi) is 20.1. The molecule has 2 unspecified atom stereocenters. The van der Waals surface area contributed by atoms with Gasteiger partial charge in [0.15, 0.2) is 21.0 Å². The van der Waals surface area contributed by atoms with Gasteiger partial charge in [0.1, 0.15) is 6.29 Å². The molecule has 0 aliphatic carbocycles. The fourth-order valence-electron chi connectivity index (χ4n) is 1.70. The molecule has 36 heavy (non-hydrogen) atoms. The lowest BCUT2D eigenvalue weighted by molar-refractivity contribution is -0.394. The second-order valence-corrected chi connectivity index (χ2v) is 9.12. The number of hydrogen-bond donors (Lipinski definition) is 2. The molecular weight excluding hydrogens is 499 g/mol. The van der Waals surface area contributed by atoms with E-state index in [9.17, 15) is 29.8 Å². The van der Waals surface area contributed by atoms with Gasteiger partial charge in [-0.1, -0.05) is 0 Å². The monoisotopic (exact) mass is 536 g/mol. The normalized spacial score (nSPS) is 12.0. The largest absolute Gasteiger partial charge is 0.465 e. The minimum atomic E-state index is -1.42. The average Bonchev–Trinajstić information content (AvgIpc) is 2.79. The molecule has 0 saturated carbocycles. The van der Waals surface area contributed by atoms with Crippen LogP contribution in [0.5, 0.6) is 5.75 Å². The molecule has 1 rings (SSSR count). The highest BCUT2D eigenvalue weighted by Gasteiger charge is 2.21. The number of carbonyl (C=O) groups is 2. The number of nitro benzene ring substituents is 2. The van der Waals surface area contributed by atoms with Crippen LogP contribution < -0.4 is 14.9 Å². The fraction of sp³-hybridized carbons (Fsp3) is 0.619. The quantitative estimate of drug-likeness (QED) is 0.115. The van der Waals surface area contributed by atoms with Crippen molar-refractivity contribution in [2.75, 3.05) is 13.9 Å². The zero-order valence-corrected chi connectivity index (χ0v) is 22.7. The van der Waals surface area contributed by atoms with Gasteiger partial charge in [-0.25, -0.2) is 0 Å². The molecule has 206 valence electrons. The molecule has 0 amide bonds. The van der Waals surface area contributed by atoms with Crippen molar-refractivity contribution in [3.05, 3.63) is 38.4 Å². The molecule has 0 aliphatic rings. The second kappa shape index (κ2) is 20.4. The number of hydrogen-bond acceptors (Lipinski definition) is 12. The maximum absolute atomic E-state index is 11.0. The molecule has 0 fully saturated rings. The van der Waals surface area contributed by atoms with E-state index in [0.29, 0.717) is 18.9 Å². The molecule has 15 heteroatoms. The lowest BCUT2D eigenvalue weighted by Gasteiger charge is -2.22. The van der Waals surface area contributed by atoms with Crippen LogP contribution in [0.25, 0.3) is 0 Å². The highest BCUT2D eigenvalue weighted by atomic mass is 31.2. The Bertz CT molecular complexity index is 796. The Morgan fingerprint density at radius 1 is 0.972 bits per heavy atom. The molecule has 2 atom stereocenters. The summed E-state index contributed by atoms with van der Waals surface area (Å²) in [5, 5.41) is 27.7. The molecule has 0 aromatic heterocycles. The first-order valence-corrected chi connectivity index (χ1v) is 12.1. The number of non-ortho nitro benzene ring substituents is 1. The number of nitro groups is 2. The van der Waals surface area contributed by atoms with Gasteiger partial charge in [-0.05, 0) is 54.5 Å². The number of aldehydes is 1. The van der Waals surface area contributed by atoms with Gasteiger partial charge in [0.2, 0.25) is 0 Å². The summed E-state index contributed by atoms with van der Waals surface area (Å²) in [4.78, 5) is 40.3. The van der Waals surface area contributed by atoms with E-state index in [-0.39, 0.29) is 24.7 Å². The van der Waals surface area contributed by atoms with Gasteiger partial charge < -0.3 is 19.0 Å². The lowest BCUT2D eigenvalue weighted by Crippen LogP contribution is -2.32. The Hall–Kier alpha value is -2.77. The van der Waals surface area contributed by atoms with Crippen LogP contribution in [-0.4, -0.2) is 60.8 Å². The van der Waals surface area contributed by atoms with Gasteiger partial charge in [0.05, 0.1) is 34.2 Å². The number of rotatable bonds is 14. The number of ether oxygens (including phenoxy) is 3. The number of nitrogens with zero attached hydrogens (tertiary/aromatic N) is 2. The maximum atomic E-state index is 11.0. The van der Waals surface area contributed by atoms with Gasteiger partial charge in [-0.3, -0.25) is 39.7 Å². The van der Waals surface area contributed by atoms with Gasteiger partial charge in [0.25, 0.3) is 12.2 Å². The zero-order valence-electron chi connectivity index (χ0n) is 21.8. The van der Waals surface area contributed by atoms with E-state index in [1.807, 2.05) is 27.7 Å². The number of methoxy groups -OCH3 is 1. The predicted molar refractivity (Wildman–Crippen MR) is 135 cm³/mol. The molecule has 1 aromatic rings. The van der Waals surface area contributed by atoms with Gasteiger partial charge in [0, 0.05) is 19.2 Å². The Morgan fingerprint density at radius 3 is 1.92 bits per heavy atom. The third-order valence-electron chi connectivity index (χ3n) is 3.45. The van der Waals surface area contributed by atoms with E-state index in [1.165, 1.54) is 0 Å². The van der Waals surface area contributed by atoms with Crippen molar-refractivity contribution in [1.29, 1.82) is 0 Å². The second-order valence-electron chi connectivity index (χ2n) is 7.76. The van der Waals surface area contributed by atoms with E-state index in [0.717, 1.165) is 18.2 Å². The summed E-state index contributed by atoms with van der Waals surface area (Å²) in [6.45, 7) is 13.1. The average molecular weight is 537 g/mol. The van der Waals surface area contributed by atoms with Gasteiger partial charge >= 0.3 is 5.69 Å². The summed E-state index contributed by atoms with van der Waals surface area (Å²) in [7, 11) is 0.282. The lowest BCUT2D eigenvalue weighted by atomic mass is 10.2. The summed E-state index contributed by atoms with van der Waals surface area (Å²) in [5.74, 6) is -0.154. The molecule has 1 aromatic carbocycles. The molecule has 0 spiro atoms. The summed E-state index contributed by atoms with van der Waals surface area (Å²) in [5.41, 5.74) is -0.946. The Morgan fingerprint density at radius 2 is 1.56 bits per heavy atom. The van der Waals surface area contributed by atoms with Crippen LogP contribution in [0.3, 0.4) is 0 Å². The number of nitrogens with one attached hydrogen (secondary N) is 2. The standard InChI is InChI=1S/C13H19N4O7P.C4H8O2.C4H10O/c1-9(2)14-25(15-10(3)7-18)24-8-23-13-5-4-11(16(19)20)6-12(13)17(21)22;1-4(2)6-3-5;1-4(2)5-3/h4-7,9-10,14-15H,8H2,1-3H3;3-4H,1-2H3;4H,1-3H3. The van der Waals surface area contributed by atoms with Crippen molar-refractivity contribution in [2.45, 2.75) is 72.8 Å². The van der Waals surface area contributed by atoms with Crippen LogP contribution in [0.2, 0.25) is 0 Å². The molecule has 0 bridgehead atoms. The molecular formula is C21H37N4O10P. The molecule has 0 heterocycles. The van der Waals surface area contributed by atoms with Crippen LogP contribution in [-0.2, 0) is 23.6 Å². The van der Waals surface area contributed by atoms with E-state index < -0.39 is 35.7 Å². The van der Waals surface area contributed by atoms with Crippen molar-refractivity contribution in [1.82, 2.24) is 10.2 Å². The summed E-state index contributed by atoms with van der Waals surface area (Å²) >= 11 is 0. The molecule has 2 N–H and O–H groups in total. The first-order chi connectivity index (χ1) is 16.8. The van der Waals surface area contributed by atoms with Crippen molar-refractivity contribution >= 4 is 32.6 Å². The van der Waals surface area contributed by atoms with E-state index in [2.05, 4.69) is 14.9 Å². The van der Waals surface area contributed by atoms with E-state index >= 15 is 0 Å². The van der Waals surface area contributed by atoms with Gasteiger partial charge in [-0.15, -0.1) is 0 Å². The van der Waals surface area contributed by atoms with Crippen molar-refractivity contribution < 1.29 is 38.2 Å². The molecule has 0 saturated heterocycles. The summed E-state index contributed by atoms with van der Waals surface area (Å²) < 4.78 is 19.8. The van der Waals surface area contributed by atoms with Gasteiger partial charge in [-0.2, -0.15) is 0 Å². The molecule has 14 nitrogen and oxygen atoms in total. The smallest absolute Gasteiger partial charge is 0.317 e. The maximum Gasteiger partial charge on any atom is 0.317 e. The van der Waals surface area contributed by atoms with E-state index in [1.54, 1.807) is 27.9 Å². The van der Waals surface area contributed by atoms with E-state index in [4.69, 9.17) is 14.0 Å². The number of carbonyl (C=O) groups excluding carboxylic acids is 2. The highest BCUT2D eigenvalue weighted by molar-refractivity contribution is 7.48. The van der Waals surface area contributed by atoms with Crippen molar-refractivity contribution in [3.63, 3.8) is 0 Å². The Labute approximate surface area is 212 Å². The predicted octanol–water partition coefficient (Wildman–Crippen LogP) is 3.87. The third-order valence-corrected chi connectivity index (χ3v) is 5.20. The van der Waals surface area contributed by atoms with Crippen molar-refractivity contribution in [2.24, 2.45) is 0 Å². The van der Waals surface area contributed by atoms with Crippen molar-refractivity contribution in [3.8, 4) is 5.75 Å².